The maximum Gasteiger partial charge on any atom is 0.471 e. The zero-order valence-corrected chi connectivity index (χ0v) is 16.2. The Bertz CT molecular complexity index is 1050. The van der Waals surface area contributed by atoms with Gasteiger partial charge in [-0.15, -0.1) is 0 Å². The first-order valence-electron chi connectivity index (χ1n) is 8.19. The Morgan fingerprint density at radius 3 is 2.13 bits per heavy atom. The van der Waals surface area contributed by atoms with E-state index >= 15 is 0 Å². The topological polar surface area (TPSA) is 83.6 Å². The number of Topliss-reactive ketones (excluding diaryl/α,β-unsaturated/α-hetero) is 1. The van der Waals surface area contributed by atoms with Crippen LogP contribution >= 0.6 is 0 Å². The van der Waals surface area contributed by atoms with Crippen LogP contribution in [0, 0.1) is 11.6 Å². The van der Waals surface area contributed by atoms with Crippen molar-refractivity contribution < 1.29 is 40.0 Å². The van der Waals surface area contributed by atoms with Crippen molar-refractivity contribution in [1.29, 1.82) is 0 Å². The molecule has 1 amide bonds. The molecule has 1 N–H and O–H groups in total. The maximum atomic E-state index is 14.4. The lowest BCUT2D eigenvalue weighted by Gasteiger charge is -2.23. The summed E-state index contributed by atoms with van der Waals surface area (Å²) in [6, 6.07) is 7.34. The number of nitrogens with zero attached hydrogens (tertiary/aromatic N) is 1. The molecule has 0 aliphatic carbocycles. The van der Waals surface area contributed by atoms with E-state index in [1.165, 1.54) is 17.4 Å². The summed E-state index contributed by atoms with van der Waals surface area (Å²) in [5, 5.41) is 1.38. The number of carbonyl (C=O) groups excluding carboxylic acids is 2. The Morgan fingerprint density at radius 2 is 1.63 bits per heavy atom. The van der Waals surface area contributed by atoms with Gasteiger partial charge >= 0.3 is 12.1 Å². The van der Waals surface area contributed by atoms with Gasteiger partial charge in [0.2, 0.25) is 10.0 Å². The summed E-state index contributed by atoms with van der Waals surface area (Å²) >= 11 is 0. The van der Waals surface area contributed by atoms with Crippen LogP contribution in [0.5, 0.6) is 0 Å². The molecular weight excluding hydrogens is 435 g/mol. The number of hydrogen-bond acceptors (Lipinski definition) is 4. The van der Waals surface area contributed by atoms with Crippen LogP contribution in [0.25, 0.3) is 0 Å². The molecular formula is C18H15F5N2O4S. The van der Waals surface area contributed by atoms with Crippen molar-refractivity contribution in [2.24, 2.45) is 0 Å². The van der Waals surface area contributed by atoms with Gasteiger partial charge in [-0.1, -0.05) is 12.1 Å². The van der Waals surface area contributed by atoms with E-state index in [0.717, 1.165) is 40.9 Å². The predicted molar refractivity (Wildman–Crippen MR) is 97.2 cm³/mol. The lowest BCUT2D eigenvalue weighted by molar-refractivity contribution is -0.173. The highest BCUT2D eigenvalue weighted by molar-refractivity contribution is 7.92. The van der Waals surface area contributed by atoms with E-state index in [1.807, 2.05) is 0 Å². The monoisotopic (exact) mass is 450 g/mol. The number of amides is 1. The molecule has 2 aromatic carbocycles. The first kappa shape index (κ1) is 23.3. The average Bonchev–Trinajstić information content (AvgIpc) is 2.64. The largest absolute Gasteiger partial charge is 0.471 e. The molecule has 30 heavy (non-hydrogen) atoms. The number of benzene rings is 2. The molecule has 12 heteroatoms. The fraction of sp³-hybridized carbons (Fsp3) is 0.222. The highest BCUT2D eigenvalue weighted by atomic mass is 32.2. The average molecular weight is 450 g/mol. The second-order valence-corrected chi connectivity index (χ2v) is 8.06. The number of alkyl halides is 3. The SMILES string of the molecule is CS(=O)(=O)N(Cc1ccc(C(=O)CNC(=O)C(F)(F)F)cc1F)c1ccc(F)cc1. The molecule has 0 unspecified atom stereocenters. The summed E-state index contributed by atoms with van der Waals surface area (Å²) in [6.45, 7) is -1.47. The number of hydrogen-bond donors (Lipinski definition) is 1. The van der Waals surface area contributed by atoms with Crippen molar-refractivity contribution in [3.63, 3.8) is 0 Å². The highest BCUT2D eigenvalue weighted by Gasteiger charge is 2.38. The molecule has 6 nitrogen and oxygen atoms in total. The molecule has 2 rings (SSSR count). The minimum Gasteiger partial charge on any atom is -0.341 e. The lowest BCUT2D eigenvalue weighted by Crippen LogP contribution is -2.39. The first-order chi connectivity index (χ1) is 13.8. The van der Waals surface area contributed by atoms with Crippen molar-refractivity contribution in [3.05, 3.63) is 65.2 Å². The summed E-state index contributed by atoms with van der Waals surface area (Å²) in [6.07, 6.45) is -4.29. The number of carbonyl (C=O) groups is 2. The van der Waals surface area contributed by atoms with Crippen LogP contribution in [0.4, 0.5) is 27.6 Å². The van der Waals surface area contributed by atoms with E-state index in [2.05, 4.69) is 0 Å². The zero-order valence-electron chi connectivity index (χ0n) is 15.3. The molecule has 162 valence electrons. The van der Waals surface area contributed by atoms with Gasteiger partial charge in [0, 0.05) is 11.1 Å². The molecule has 0 saturated heterocycles. The summed E-state index contributed by atoms with van der Waals surface area (Å²) < 4.78 is 88.9. The zero-order chi connectivity index (χ0) is 22.7. The molecule has 0 heterocycles. The summed E-state index contributed by atoms with van der Waals surface area (Å²) in [7, 11) is -3.88. The number of halogens is 5. The number of ketones is 1. The predicted octanol–water partition coefficient (Wildman–Crippen LogP) is 2.79. The minimum atomic E-state index is -5.16. The van der Waals surface area contributed by atoms with Crippen LogP contribution in [0.1, 0.15) is 15.9 Å². The van der Waals surface area contributed by atoms with Crippen molar-refractivity contribution in [3.8, 4) is 0 Å². The third-order valence-corrected chi connectivity index (χ3v) is 5.01. The fourth-order valence-electron chi connectivity index (χ4n) is 2.37. The summed E-state index contributed by atoms with van der Waals surface area (Å²) in [5.74, 6) is -4.87. The van der Waals surface area contributed by atoms with Gasteiger partial charge < -0.3 is 5.32 Å². The number of anilines is 1. The Hall–Kier alpha value is -3.02. The van der Waals surface area contributed by atoms with Crippen molar-refractivity contribution in [1.82, 2.24) is 5.32 Å². The molecule has 0 atom stereocenters. The molecule has 0 aliphatic rings. The van der Waals surface area contributed by atoms with E-state index in [4.69, 9.17) is 0 Å². The van der Waals surface area contributed by atoms with Gasteiger partial charge in [0.25, 0.3) is 0 Å². The normalized spacial score (nSPS) is 11.8. The smallest absolute Gasteiger partial charge is 0.341 e. The van der Waals surface area contributed by atoms with Gasteiger partial charge in [0.1, 0.15) is 11.6 Å². The third kappa shape index (κ3) is 5.99. The third-order valence-electron chi connectivity index (χ3n) is 3.87. The number of sulfonamides is 1. The van der Waals surface area contributed by atoms with Crippen LogP contribution in [-0.2, 0) is 21.4 Å². The Balaban J connectivity index is 2.20. The maximum absolute atomic E-state index is 14.4. The Kier molecular flexibility index (Phi) is 6.80. The van der Waals surface area contributed by atoms with E-state index < -0.39 is 52.6 Å². The van der Waals surface area contributed by atoms with E-state index in [-0.39, 0.29) is 16.8 Å². The molecule has 0 spiro atoms. The van der Waals surface area contributed by atoms with Crippen molar-refractivity contribution in [2.45, 2.75) is 12.7 Å². The van der Waals surface area contributed by atoms with Crippen molar-refractivity contribution in [2.75, 3.05) is 17.1 Å². The van der Waals surface area contributed by atoms with Crippen LogP contribution in [0.2, 0.25) is 0 Å². The molecule has 2 aromatic rings. The summed E-state index contributed by atoms with van der Waals surface area (Å²) in [4.78, 5) is 22.6. The molecule has 0 bridgehead atoms. The fourth-order valence-corrected chi connectivity index (χ4v) is 3.25. The van der Waals surface area contributed by atoms with Crippen LogP contribution < -0.4 is 9.62 Å². The van der Waals surface area contributed by atoms with Gasteiger partial charge in [-0.2, -0.15) is 13.2 Å². The van der Waals surface area contributed by atoms with Gasteiger partial charge in [-0.25, -0.2) is 17.2 Å². The van der Waals surface area contributed by atoms with Gasteiger partial charge in [-0.05, 0) is 30.3 Å². The van der Waals surface area contributed by atoms with E-state index in [9.17, 15) is 40.0 Å². The van der Waals surface area contributed by atoms with Crippen LogP contribution in [0.3, 0.4) is 0 Å². The molecule has 0 aromatic heterocycles. The number of nitrogens with one attached hydrogen (secondary N) is 1. The van der Waals surface area contributed by atoms with Gasteiger partial charge in [-0.3, -0.25) is 13.9 Å². The Labute approximate surface area is 168 Å². The Morgan fingerprint density at radius 1 is 1.03 bits per heavy atom. The quantitative estimate of drug-likeness (QED) is 0.520. The van der Waals surface area contributed by atoms with Crippen molar-refractivity contribution >= 4 is 27.4 Å². The second kappa shape index (κ2) is 8.78. The van der Waals surface area contributed by atoms with Crippen LogP contribution in [0.15, 0.2) is 42.5 Å². The molecule has 0 radical (unpaired) electrons. The van der Waals surface area contributed by atoms with Gasteiger partial charge in [0.15, 0.2) is 5.78 Å². The first-order valence-corrected chi connectivity index (χ1v) is 10.0. The number of rotatable bonds is 7. The summed E-state index contributed by atoms with van der Waals surface area (Å²) in [5.41, 5.74) is -0.375. The van der Waals surface area contributed by atoms with Crippen LogP contribution in [-0.4, -0.2) is 39.1 Å². The van der Waals surface area contributed by atoms with Gasteiger partial charge in [0.05, 0.1) is 25.0 Å². The lowest BCUT2D eigenvalue weighted by atomic mass is 10.1. The van der Waals surface area contributed by atoms with E-state index in [1.54, 1.807) is 0 Å². The molecule has 0 saturated carbocycles. The van der Waals surface area contributed by atoms with E-state index in [0.29, 0.717) is 0 Å². The molecule has 0 fully saturated rings. The minimum absolute atomic E-state index is 0.0771. The highest BCUT2D eigenvalue weighted by Crippen LogP contribution is 2.23. The standard InChI is InChI=1S/C18H15F5N2O4S/c1-30(28,29)25(14-6-4-13(19)5-7-14)10-12-3-2-11(8-15(12)20)16(26)9-24-17(27)18(21,22)23/h2-8H,9-10H2,1H3,(H,24,27). The molecule has 0 aliphatic heterocycles. The second-order valence-electron chi connectivity index (χ2n) is 6.16.